The molecule has 0 aliphatic heterocycles. The molecule has 0 heterocycles. The van der Waals surface area contributed by atoms with Crippen molar-refractivity contribution in [3.8, 4) is 5.75 Å². The summed E-state index contributed by atoms with van der Waals surface area (Å²) < 4.78 is 23.9. The van der Waals surface area contributed by atoms with Crippen molar-refractivity contribution < 1.29 is 13.9 Å². The van der Waals surface area contributed by atoms with Crippen LogP contribution >= 0.6 is 0 Å². The number of anilines is 1. The zero-order chi connectivity index (χ0) is 14.2. The molecule has 2 aromatic carbocycles. The van der Waals surface area contributed by atoms with E-state index in [1.54, 1.807) is 25.3 Å². The lowest BCUT2D eigenvalue weighted by Gasteiger charge is -2.10. The van der Waals surface area contributed by atoms with Gasteiger partial charge in [0.1, 0.15) is 18.2 Å². The molecule has 0 spiro atoms. The largest absolute Gasteiger partial charge is 0.491 e. The van der Waals surface area contributed by atoms with E-state index in [0.717, 1.165) is 11.3 Å². The summed E-state index contributed by atoms with van der Waals surface area (Å²) in [5.74, 6) is 0.537. The maximum atomic E-state index is 13.5. The minimum atomic E-state index is -0.250. The van der Waals surface area contributed by atoms with Crippen LogP contribution in [0.15, 0.2) is 48.5 Å². The quantitative estimate of drug-likeness (QED) is 0.785. The van der Waals surface area contributed by atoms with Crippen molar-refractivity contribution in [1.29, 1.82) is 0 Å². The zero-order valence-electron chi connectivity index (χ0n) is 11.4. The van der Waals surface area contributed by atoms with Crippen LogP contribution in [0.3, 0.4) is 0 Å². The van der Waals surface area contributed by atoms with Crippen molar-refractivity contribution in [2.24, 2.45) is 0 Å². The Balaban J connectivity index is 1.93. The van der Waals surface area contributed by atoms with Gasteiger partial charge in [0.2, 0.25) is 0 Å². The minimum absolute atomic E-state index is 0.250. The maximum Gasteiger partial charge on any atom is 0.146 e. The van der Waals surface area contributed by atoms with E-state index in [-0.39, 0.29) is 5.82 Å². The molecule has 0 fully saturated rings. The molecule has 2 rings (SSSR count). The first-order valence-electron chi connectivity index (χ1n) is 6.48. The molecule has 0 aliphatic rings. The third-order valence-corrected chi connectivity index (χ3v) is 2.81. The number of methoxy groups -OCH3 is 1. The van der Waals surface area contributed by atoms with Crippen LogP contribution in [0.2, 0.25) is 0 Å². The fraction of sp³-hybridized carbons (Fsp3) is 0.250. The van der Waals surface area contributed by atoms with E-state index >= 15 is 0 Å². The van der Waals surface area contributed by atoms with Crippen LogP contribution in [0, 0.1) is 5.82 Å². The van der Waals surface area contributed by atoms with E-state index in [0.29, 0.717) is 25.4 Å². The molecular weight excluding hydrogens is 257 g/mol. The van der Waals surface area contributed by atoms with Gasteiger partial charge in [0.25, 0.3) is 0 Å². The van der Waals surface area contributed by atoms with Crippen LogP contribution in [-0.2, 0) is 11.3 Å². The highest BCUT2D eigenvalue weighted by molar-refractivity contribution is 5.45. The van der Waals surface area contributed by atoms with Crippen molar-refractivity contribution in [3.63, 3.8) is 0 Å². The molecule has 0 aromatic heterocycles. The number of hydrogen-bond donors (Lipinski definition) is 1. The van der Waals surface area contributed by atoms with Gasteiger partial charge in [-0.1, -0.05) is 24.3 Å². The molecule has 20 heavy (non-hydrogen) atoms. The molecule has 0 radical (unpaired) electrons. The molecule has 0 saturated heterocycles. The van der Waals surface area contributed by atoms with E-state index in [4.69, 9.17) is 9.47 Å². The second kappa shape index (κ2) is 7.50. The Morgan fingerprint density at radius 2 is 1.90 bits per heavy atom. The van der Waals surface area contributed by atoms with Gasteiger partial charge in [-0.25, -0.2) is 4.39 Å². The summed E-state index contributed by atoms with van der Waals surface area (Å²) in [6, 6.07) is 14.3. The van der Waals surface area contributed by atoms with E-state index in [2.05, 4.69) is 5.32 Å². The summed E-state index contributed by atoms with van der Waals surface area (Å²) in [6.45, 7) is 1.61. The van der Waals surface area contributed by atoms with Gasteiger partial charge in [-0.2, -0.15) is 0 Å². The average molecular weight is 275 g/mol. The Bertz CT molecular complexity index is 546. The molecular formula is C16H18FNO2. The number of nitrogens with one attached hydrogen (secondary N) is 1. The monoisotopic (exact) mass is 275 g/mol. The standard InChI is InChI=1S/C16H18FNO2/c1-19-9-10-20-14-6-4-5-13(11-14)12-18-16-8-3-2-7-15(16)17/h2-8,11,18H,9-10,12H2,1H3. The van der Waals surface area contributed by atoms with E-state index in [9.17, 15) is 4.39 Å². The number of halogens is 1. The molecule has 0 amide bonds. The molecule has 0 aliphatic carbocycles. The predicted molar refractivity (Wildman–Crippen MR) is 77.5 cm³/mol. The fourth-order valence-corrected chi connectivity index (χ4v) is 1.79. The molecule has 0 unspecified atom stereocenters. The van der Waals surface area contributed by atoms with Crippen LogP contribution in [-0.4, -0.2) is 20.3 Å². The summed E-state index contributed by atoms with van der Waals surface area (Å²) in [7, 11) is 1.64. The molecule has 3 nitrogen and oxygen atoms in total. The van der Waals surface area contributed by atoms with E-state index < -0.39 is 0 Å². The molecule has 0 atom stereocenters. The molecule has 1 N–H and O–H groups in total. The summed E-state index contributed by atoms with van der Waals surface area (Å²) in [6.07, 6.45) is 0. The minimum Gasteiger partial charge on any atom is -0.491 e. The van der Waals surface area contributed by atoms with E-state index in [1.165, 1.54) is 6.07 Å². The van der Waals surface area contributed by atoms with Crippen molar-refractivity contribution >= 4 is 5.69 Å². The molecule has 4 heteroatoms. The highest BCUT2D eigenvalue weighted by Gasteiger charge is 2.01. The van der Waals surface area contributed by atoms with Gasteiger partial charge in [0.05, 0.1) is 12.3 Å². The number of para-hydroxylation sites is 1. The smallest absolute Gasteiger partial charge is 0.146 e. The van der Waals surface area contributed by atoms with Crippen LogP contribution in [0.1, 0.15) is 5.56 Å². The number of benzene rings is 2. The lowest BCUT2D eigenvalue weighted by molar-refractivity contribution is 0.146. The van der Waals surface area contributed by atoms with Crippen LogP contribution < -0.4 is 10.1 Å². The van der Waals surface area contributed by atoms with Crippen LogP contribution in [0.25, 0.3) is 0 Å². The lowest BCUT2D eigenvalue weighted by Crippen LogP contribution is -2.05. The van der Waals surface area contributed by atoms with Gasteiger partial charge in [-0.15, -0.1) is 0 Å². The summed E-state index contributed by atoms with van der Waals surface area (Å²) in [5, 5.41) is 3.07. The van der Waals surface area contributed by atoms with Crippen molar-refractivity contribution in [2.45, 2.75) is 6.54 Å². The number of hydrogen-bond acceptors (Lipinski definition) is 3. The Kier molecular flexibility index (Phi) is 5.38. The zero-order valence-corrected chi connectivity index (χ0v) is 11.4. The van der Waals surface area contributed by atoms with Gasteiger partial charge < -0.3 is 14.8 Å². The Labute approximate surface area is 118 Å². The van der Waals surface area contributed by atoms with Gasteiger partial charge >= 0.3 is 0 Å². The first-order valence-corrected chi connectivity index (χ1v) is 6.48. The van der Waals surface area contributed by atoms with E-state index in [1.807, 2.05) is 24.3 Å². The Morgan fingerprint density at radius 1 is 1.05 bits per heavy atom. The Hall–Kier alpha value is -2.07. The number of rotatable bonds is 7. The normalized spacial score (nSPS) is 10.3. The highest BCUT2D eigenvalue weighted by Crippen LogP contribution is 2.17. The summed E-state index contributed by atoms with van der Waals surface area (Å²) >= 11 is 0. The average Bonchev–Trinajstić information content (AvgIpc) is 2.47. The molecule has 2 aromatic rings. The maximum absolute atomic E-state index is 13.5. The third-order valence-electron chi connectivity index (χ3n) is 2.81. The summed E-state index contributed by atoms with van der Waals surface area (Å²) in [5.41, 5.74) is 1.53. The molecule has 106 valence electrons. The van der Waals surface area contributed by atoms with Crippen LogP contribution in [0.4, 0.5) is 10.1 Å². The third kappa shape index (κ3) is 4.24. The van der Waals surface area contributed by atoms with Gasteiger partial charge in [-0.05, 0) is 29.8 Å². The van der Waals surface area contributed by atoms with Gasteiger partial charge in [0.15, 0.2) is 0 Å². The van der Waals surface area contributed by atoms with Crippen molar-refractivity contribution in [3.05, 3.63) is 59.9 Å². The fourth-order valence-electron chi connectivity index (χ4n) is 1.79. The SMILES string of the molecule is COCCOc1cccc(CNc2ccccc2F)c1. The number of ether oxygens (including phenoxy) is 2. The van der Waals surface area contributed by atoms with Crippen molar-refractivity contribution in [2.75, 3.05) is 25.6 Å². The summed E-state index contributed by atoms with van der Waals surface area (Å²) in [4.78, 5) is 0. The highest BCUT2D eigenvalue weighted by atomic mass is 19.1. The first kappa shape index (κ1) is 14.3. The second-order valence-electron chi connectivity index (χ2n) is 4.32. The Morgan fingerprint density at radius 3 is 2.70 bits per heavy atom. The molecule has 0 saturated carbocycles. The van der Waals surface area contributed by atoms with Crippen LogP contribution in [0.5, 0.6) is 5.75 Å². The van der Waals surface area contributed by atoms with Gasteiger partial charge in [-0.3, -0.25) is 0 Å². The first-order chi connectivity index (χ1) is 9.79. The second-order valence-corrected chi connectivity index (χ2v) is 4.32. The van der Waals surface area contributed by atoms with Crippen molar-refractivity contribution in [1.82, 2.24) is 0 Å². The van der Waals surface area contributed by atoms with Gasteiger partial charge in [0, 0.05) is 13.7 Å². The predicted octanol–water partition coefficient (Wildman–Crippen LogP) is 3.46. The topological polar surface area (TPSA) is 30.5 Å². The molecule has 0 bridgehead atoms. The lowest BCUT2D eigenvalue weighted by atomic mass is 10.2.